The third-order valence-electron chi connectivity index (χ3n) is 10.8. The number of nitrogens with zero attached hydrogens (tertiary/aromatic N) is 2. The molecule has 1 heterocycles. The topological polar surface area (TPSA) is 105 Å². The first-order chi connectivity index (χ1) is 19.7. The summed E-state index contributed by atoms with van der Waals surface area (Å²) in [5, 5.41) is 18.7. The molecule has 2 aromatic rings. The second kappa shape index (κ2) is 10.8. The van der Waals surface area contributed by atoms with Gasteiger partial charge in [0.15, 0.2) is 5.82 Å². The number of aliphatic hydroxyl groups excluding tert-OH is 1. The molecule has 2 N–H and O–H groups in total. The van der Waals surface area contributed by atoms with E-state index in [2.05, 4.69) is 42.5 Å². The van der Waals surface area contributed by atoms with E-state index >= 15 is 0 Å². The predicted octanol–water partition coefficient (Wildman–Crippen LogP) is 6.49. The van der Waals surface area contributed by atoms with E-state index in [0.29, 0.717) is 18.4 Å². The van der Waals surface area contributed by atoms with Crippen molar-refractivity contribution >= 4 is 23.5 Å². The fraction of sp³-hybridized carbons (Fsp3) is 0.613. The fourth-order valence-electron chi connectivity index (χ4n) is 8.07. The SMILES string of the molecule is C=C[C@]1(C)C[C@@H](OC(=O)CSc2n[nH]c(-c3ccc(C(F)(F)F)cc3)n2)[C@]2(C)[C@H](C)CC[C@]3(CCC(=O)[C@H]32)[C@@H](C)[C@@H]1O. The van der Waals surface area contributed by atoms with E-state index in [1.807, 2.05) is 6.92 Å². The van der Waals surface area contributed by atoms with Crippen molar-refractivity contribution in [2.45, 2.75) is 83.3 Å². The van der Waals surface area contributed by atoms with Gasteiger partial charge in [0, 0.05) is 28.7 Å². The van der Waals surface area contributed by atoms with Crippen LogP contribution in [0.1, 0.15) is 65.4 Å². The second-order valence-electron chi connectivity index (χ2n) is 12.9. The molecule has 7 nitrogen and oxygen atoms in total. The molecule has 8 atom stereocenters. The molecule has 0 amide bonds. The van der Waals surface area contributed by atoms with Crippen LogP contribution >= 0.6 is 11.8 Å². The minimum Gasteiger partial charge on any atom is -0.461 e. The van der Waals surface area contributed by atoms with Gasteiger partial charge in [-0.25, -0.2) is 4.98 Å². The lowest BCUT2D eigenvalue weighted by Crippen LogP contribution is -2.63. The van der Waals surface area contributed by atoms with Gasteiger partial charge in [0.25, 0.3) is 0 Å². The number of esters is 1. The molecule has 42 heavy (non-hydrogen) atoms. The van der Waals surface area contributed by atoms with E-state index in [-0.39, 0.29) is 45.7 Å². The Morgan fingerprint density at radius 3 is 2.57 bits per heavy atom. The zero-order valence-electron chi connectivity index (χ0n) is 24.3. The van der Waals surface area contributed by atoms with Gasteiger partial charge in [-0.05, 0) is 55.1 Å². The molecule has 1 aromatic carbocycles. The number of aromatic amines is 1. The number of thioether (sulfide) groups is 1. The largest absolute Gasteiger partial charge is 0.461 e. The van der Waals surface area contributed by atoms with E-state index in [4.69, 9.17) is 4.74 Å². The number of hydrogen-bond donors (Lipinski definition) is 2. The summed E-state index contributed by atoms with van der Waals surface area (Å²) in [7, 11) is 0. The third-order valence-corrected chi connectivity index (χ3v) is 11.7. The van der Waals surface area contributed by atoms with Crippen LogP contribution in [-0.2, 0) is 20.5 Å². The van der Waals surface area contributed by atoms with Gasteiger partial charge in [0.2, 0.25) is 5.16 Å². The lowest BCUT2D eigenvalue weighted by atomic mass is 9.44. The Hall–Kier alpha value is -2.66. The molecule has 0 radical (unpaired) electrons. The van der Waals surface area contributed by atoms with Gasteiger partial charge >= 0.3 is 12.1 Å². The van der Waals surface area contributed by atoms with Gasteiger partial charge in [-0.15, -0.1) is 11.7 Å². The normalized spacial score (nSPS) is 36.6. The smallest absolute Gasteiger partial charge is 0.416 e. The number of ketones is 1. The lowest BCUT2D eigenvalue weighted by molar-refractivity contribution is -0.205. The van der Waals surface area contributed by atoms with Gasteiger partial charge in [-0.1, -0.05) is 57.7 Å². The molecule has 0 aliphatic heterocycles. The van der Waals surface area contributed by atoms with Gasteiger partial charge in [0.1, 0.15) is 11.9 Å². The molecular weight excluding hydrogens is 567 g/mol. The maximum Gasteiger partial charge on any atom is 0.416 e. The lowest BCUT2D eigenvalue weighted by Gasteiger charge is -2.61. The van der Waals surface area contributed by atoms with Crippen molar-refractivity contribution in [3.8, 4) is 11.4 Å². The van der Waals surface area contributed by atoms with Crippen LogP contribution in [0.4, 0.5) is 13.2 Å². The highest BCUT2D eigenvalue weighted by atomic mass is 32.2. The fourth-order valence-corrected chi connectivity index (χ4v) is 8.66. The van der Waals surface area contributed by atoms with Gasteiger partial charge < -0.3 is 9.84 Å². The summed E-state index contributed by atoms with van der Waals surface area (Å²) < 4.78 is 44.9. The molecule has 1 aromatic heterocycles. The maximum atomic E-state index is 13.5. The molecular formula is C31H38F3N3O4S. The molecule has 3 fully saturated rings. The molecule has 11 heteroatoms. The van der Waals surface area contributed by atoms with Crippen molar-refractivity contribution in [2.24, 2.45) is 34.0 Å². The van der Waals surface area contributed by atoms with E-state index in [9.17, 15) is 27.9 Å². The van der Waals surface area contributed by atoms with Gasteiger partial charge in [-0.2, -0.15) is 13.2 Å². The van der Waals surface area contributed by atoms with E-state index in [1.165, 1.54) is 12.1 Å². The molecule has 3 saturated carbocycles. The summed E-state index contributed by atoms with van der Waals surface area (Å²) in [5.41, 5.74) is -2.01. The Kier molecular flexibility index (Phi) is 7.92. The van der Waals surface area contributed by atoms with Crippen LogP contribution in [0.2, 0.25) is 0 Å². The molecule has 0 unspecified atom stereocenters. The van der Waals surface area contributed by atoms with E-state index in [0.717, 1.165) is 43.2 Å². The number of alkyl halides is 3. The molecule has 0 saturated heterocycles. The van der Waals surface area contributed by atoms with Crippen molar-refractivity contribution in [1.82, 2.24) is 15.2 Å². The van der Waals surface area contributed by atoms with Crippen LogP contribution in [0, 0.1) is 34.0 Å². The summed E-state index contributed by atoms with van der Waals surface area (Å²) in [6.45, 7) is 12.3. The number of H-pyrrole nitrogens is 1. The Morgan fingerprint density at radius 1 is 1.24 bits per heavy atom. The number of carbonyl (C=O) groups excluding carboxylic acids is 2. The Morgan fingerprint density at radius 2 is 1.93 bits per heavy atom. The molecule has 3 aliphatic rings. The Balaban J connectivity index is 1.35. The Labute approximate surface area is 248 Å². The van der Waals surface area contributed by atoms with Crippen molar-refractivity contribution in [3.63, 3.8) is 0 Å². The van der Waals surface area contributed by atoms with Crippen molar-refractivity contribution in [1.29, 1.82) is 0 Å². The highest BCUT2D eigenvalue weighted by Gasteiger charge is 2.68. The first-order valence-corrected chi connectivity index (χ1v) is 15.4. The van der Waals surface area contributed by atoms with Crippen molar-refractivity contribution in [3.05, 3.63) is 42.5 Å². The maximum absolute atomic E-state index is 13.5. The van der Waals surface area contributed by atoms with Gasteiger partial charge in [-0.3, -0.25) is 14.7 Å². The molecule has 2 bridgehead atoms. The average molecular weight is 606 g/mol. The third kappa shape index (κ3) is 5.00. The van der Waals surface area contributed by atoms with Crippen LogP contribution in [0.15, 0.2) is 42.1 Å². The summed E-state index contributed by atoms with van der Waals surface area (Å²) in [6.07, 6.45) is -0.750. The Bertz CT molecular complexity index is 1360. The summed E-state index contributed by atoms with van der Waals surface area (Å²) in [4.78, 5) is 31.2. The number of benzene rings is 1. The molecule has 5 rings (SSSR count). The highest BCUT2D eigenvalue weighted by molar-refractivity contribution is 7.99. The summed E-state index contributed by atoms with van der Waals surface area (Å²) in [6, 6.07) is 4.57. The summed E-state index contributed by atoms with van der Waals surface area (Å²) >= 11 is 1.05. The molecule has 228 valence electrons. The van der Waals surface area contributed by atoms with Crippen molar-refractivity contribution < 1.29 is 32.6 Å². The quantitative estimate of drug-likeness (QED) is 0.220. The number of nitrogens with one attached hydrogen (secondary N) is 1. The number of Topliss-reactive ketones (excluding diaryl/α,β-unsaturated/α-hetero) is 1. The number of halogens is 3. The number of rotatable bonds is 6. The van der Waals surface area contributed by atoms with Crippen LogP contribution in [0.3, 0.4) is 0 Å². The van der Waals surface area contributed by atoms with Crippen LogP contribution < -0.4 is 0 Å². The number of carbonyl (C=O) groups is 2. The van der Waals surface area contributed by atoms with Gasteiger partial charge in [0.05, 0.1) is 17.4 Å². The highest BCUT2D eigenvalue weighted by Crippen LogP contribution is 2.68. The standard InChI is InChI=1S/C31H38F3N3O4S/c1-6-28(4)15-22(29(5)17(2)11-13-30(18(3)25(28)40)14-12-21(38)24(29)30)41-23(39)16-42-27-35-26(36-37-27)19-7-9-20(10-8-19)31(32,33)34/h6-10,17-18,22,24-25,40H,1,11-16H2,2-5H3,(H,35,36,37)/t17-,18+,22-,24+,25+,28-,29+,30+/m1/s1. The van der Waals surface area contributed by atoms with Crippen molar-refractivity contribution in [2.75, 3.05) is 5.75 Å². The molecule has 0 spiro atoms. The monoisotopic (exact) mass is 605 g/mol. The zero-order chi connectivity index (χ0) is 30.7. The number of ether oxygens (including phenoxy) is 1. The van der Waals surface area contributed by atoms with Crippen LogP contribution in [-0.4, -0.2) is 50.0 Å². The number of aliphatic hydroxyl groups is 1. The second-order valence-corrected chi connectivity index (χ2v) is 13.8. The van der Waals surface area contributed by atoms with Crippen LogP contribution in [0.25, 0.3) is 11.4 Å². The summed E-state index contributed by atoms with van der Waals surface area (Å²) in [5.74, 6) is -0.410. The minimum atomic E-state index is -4.43. The predicted molar refractivity (Wildman–Crippen MR) is 152 cm³/mol. The first kappa shape index (κ1) is 30.8. The molecule has 3 aliphatic carbocycles. The van der Waals surface area contributed by atoms with E-state index in [1.54, 1.807) is 6.08 Å². The minimum absolute atomic E-state index is 0.0984. The number of hydrogen-bond acceptors (Lipinski definition) is 7. The number of aromatic nitrogens is 3. The first-order valence-electron chi connectivity index (χ1n) is 14.4. The average Bonchev–Trinajstić information content (AvgIpc) is 3.57. The van der Waals surface area contributed by atoms with E-state index < -0.39 is 40.7 Å². The van der Waals surface area contributed by atoms with Crippen LogP contribution in [0.5, 0.6) is 0 Å². The zero-order valence-corrected chi connectivity index (χ0v) is 25.1.